The van der Waals surface area contributed by atoms with Crippen molar-refractivity contribution in [1.29, 1.82) is 5.26 Å². The molecule has 0 unspecified atom stereocenters. The average Bonchev–Trinajstić information content (AvgIpc) is 3.04. The molecule has 0 bridgehead atoms. The summed E-state index contributed by atoms with van der Waals surface area (Å²) in [6.45, 7) is 5.79. The summed E-state index contributed by atoms with van der Waals surface area (Å²) in [6.07, 6.45) is 1.59. The zero-order valence-corrected chi connectivity index (χ0v) is 17.9. The number of rotatable bonds is 5. The zero-order valence-electron chi connectivity index (χ0n) is 17.9. The molecular weight excluding hydrogens is 390 g/mol. The third-order valence-corrected chi connectivity index (χ3v) is 4.96. The molecule has 0 radical (unpaired) electrons. The first kappa shape index (κ1) is 21.6. The Morgan fingerprint density at radius 3 is 2.39 bits per heavy atom. The number of carbonyl (C=O) groups is 2. The quantitative estimate of drug-likeness (QED) is 0.372. The number of hydrogen-bond acceptors (Lipinski definition) is 4. The van der Waals surface area contributed by atoms with E-state index in [9.17, 15) is 14.9 Å². The molecule has 6 nitrogen and oxygen atoms in total. The summed E-state index contributed by atoms with van der Waals surface area (Å²) in [6, 6.07) is 18.4. The number of esters is 1. The van der Waals surface area contributed by atoms with Crippen LogP contribution >= 0.6 is 0 Å². The van der Waals surface area contributed by atoms with E-state index >= 15 is 0 Å². The number of ether oxygens (including phenoxy) is 1. The highest BCUT2D eigenvalue weighted by atomic mass is 16.5. The van der Waals surface area contributed by atoms with Crippen molar-refractivity contribution in [1.82, 2.24) is 4.57 Å². The molecule has 2 aromatic carbocycles. The molecule has 0 aliphatic heterocycles. The maximum atomic E-state index is 12.6. The lowest BCUT2D eigenvalue weighted by Gasteiger charge is -2.10. The number of aryl methyl sites for hydroxylation is 2. The Kier molecular flexibility index (Phi) is 6.37. The van der Waals surface area contributed by atoms with Gasteiger partial charge in [0.2, 0.25) is 0 Å². The molecule has 3 rings (SSSR count). The summed E-state index contributed by atoms with van der Waals surface area (Å²) in [5.41, 5.74) is 5.58. The Hall–Kier alpha value is -4.11. The maximum Gasteiger partial charge on any atom is 0.337 e. The second kappa shape index (κ2) is 9.14. The predicted octanol–water partition coefficient (Wildman–Crippen LogP) is 4.73. The van der Waals surface area contributed by atoms with E-state index in [4.69, 9.17) is 4.74 Å². The molecule has 0 fully saturated rings. The summed E-state index contributed by atoms with van der Waals surface area (Å²) < 4.78 is 6.74. The van der Waals surface area contributed by atoms with Gasteiger partial charge in [-0.25, -0.2) is 4.79 Å². The lowest BCUT2D eigenvalue weighted by atomic mass is 10.1. The molecule has 0 saturated carbocycles. The third kappa shape index (κ3) is 4.73. The second-order valence-corrected chi connectivity index (χ2v) is 7.19. The van der Waals surface area contributed by atoms with Gasteiger partial charge in [0, 0.05) is 22.8 Å². The Labute approximate surface area is 181 Å². The number of hydrogen-bond donors (Lipinski definition) is 1. The van der Waals surface area contributed by atoms with Crippen molar-refractivity contribution < 1.29 is 14.3 Å². The van der Waals surface area contributed by atoms with Crippen molar-refractivity contribution >= 4 is 23.6 Å². The van der Waals surface area contributed by atoms with Crippen LogP contribution < -0.4 is 5.32 Å². The highest BCUT2D eigenvalue weighted by molar-refractivity contribution is 6.09. The molecule has 1 aromatic heterocycles. The average molecular weight is 413 g/mol. The number of carbonyl (C=O) groups excluding carboxylic acids is 2. The van der Waals surface area contributed by atoms with Crippen LogP contribution in [0.1, 0.15) is 32.9 Å². The number of benzene rings is 2. The van der Waals surface area contributed by atoms with Crippen molar-refractivity contribution in [3.63, 3.8) is 0 Å². The predicted molar refractivity (Wildman–Crippen MR) is 120 cm³/mol. The molecule has 1 amide bonds. The highest BCUT2D eigenvalue weighted by Gasteiger charge is 2.15. The van der Waals surface area contributed by atoms with E-state index in [0.29, 0.717) is 11.3 Å². The molecule has 0 atom stereocenters. The van der Waals surface area contributed by atoms with Gasteiger partial charge < -0.3 is 14.6 Å². The van der Waals surface area contributed by atoms with Crippen molar-refractivity contribution in [2.75, 3.05) is 12.4 Å². The molecule has 0 spiro atoms. The van der Waals surface area contributed by atoms with E-state index in [0.717, 1.165) is 28.2 Å². The van der Waals surface area contributed by atoms with Crippen molar-refractivity contribution in [2.45, 2.75) is 20.8 Å². The SMILES string of the molecule is COC(=O)c1ccc(-n2c(C)cc(C=C(C#N)C(=O)Nc3cccc(C)c3)c2C)cc1. The largest absolute Gasteiger partial charge is 0.465 e. The molecule has 6 heteroatoms. The van der Waals surface area contributed by atoms with Crippen LogP contribution in [0.5, 0.6) is 0 Å². The van der Waals surface area contributed by atoms with Gasteiger partial charge in [-0.2, -0.15) is 5.26 Å². The van der Waals surface area contributed by atoms with Gasteiger partial charge in [0.15, 0.2) is 0 Å². The Bertz CT molecular complexity index is 1210. The molecule has 0 aliphatic rings. The molecular formula is C25H23N3O3. The van der Waals surface area contributed by atoms with Crippen LogP contribution in [0.2, 0.25) is 0 Å². The molecule has 3 aromatic rings. The molecule has 156 valence electrons. The summed E-state index contributed by atoms with van der Waals surface area (Å²) >= 11 is 0. The Balaban J connectivity index is 1.91. The van der Waals surface area contributed by atoms with E-state index in [1.54, 1.807) is 24.3 Å². The van der Waals surface area contributed by atoms with Crippen LogP contribution in [0.25, 0.3) is 11.8 Å². The topological polar surface area (TPSA) is 84.1 Å². The van der Waals surface area contributed by atoms with Crippen molar-refractivity contribution in [3.05, 3.63) is 88.2 Å². The van der Waals surface area contributed by atoms with Crippen LogP contribution in [0.4, 0.5) is 5.69 Å². The lowest BCUT2D eigenvalue weighted by Crippen LogP contribution is -2.13. The summed E-state index contributed by atoms with van der Waals surface area (Å²) in [5, 5.41) is 12.3. The smallest absolute Gasteiger partial charge is 0.337 e. The zero-order chi connectivity index (χ0) is 22.5. The first-order valence-electron chi connectivity index (χ1n) is 9.71. The fraction of sp³-hybridized carbons (Fsp3) is 0.160. The number of nitrogens with one attached hydrogen (secondary N) is 1. The van der Waals surface area contributed by atoms with Crippen molar-refractivity contribution in [3.8, 4) is 11.8 Å². The summed E-state index contributed by atoms with van der Waals surface area (Å²) in [4.78, 5) is 24.3. The molecule has 0 aliphatic carbocycles. The molecule has 1 heterocycles. The van der Waals surface area contributed by atoms with Crippen LogP contribution in [0.15, 0.2) is 60.2 Å². The summed E-state index contributed by atoms with van der Waals surface area (Å²) in [7, 11) is 1.34. The number of aromatic nitrogens is 1. The van der Waals surface area contributed by atoms with E-state index in [-0.39, 0.29) is 5.57 Å². The van der Waals surface area contributed by atoms with Crippen LogP contribution in [-0.4, -0.2) is 23.6 Å². The minimum Gasteiger partial charge on any atom is -0.465 e. The standard InChI is InChI=1S/C25H23N3O3/c1-16-6-5-7-22(12-16)27-24(29)21(15-26)14-20-13-17(2)28(18(20)3)23-10-8-19(9-11-23)25(30)31-4/h5-14H,1-4H3,(H,27,29). The summed E-state index contributed by atoms with van der Waals surface area (Å²) in [5.74, 6) is -0.852. The monoisotopic (exact) mass is 413 g/mol. The van der Waals surface area contributed by atoms with Gasteiger partial charge in [0.1, 0.15) is 11.6 Å². The second-order valence-electron chi connectivity index (χ2n) is 7.19. The van der Waals surface area contributed by atoms with Crippen LogP contribution in [0, 0.1) is 32.1 Å². The fourth-order valence-corrected chi connectivity index (χ4v) is 3.42. The van der Waals surface area contributed by atoms with Gasteiger partial charge in [-0.15, -0.1) is 0 Å². The van der Waals surface area contributed by atoms with E-state index in [1.165, 1.54) is 7.11 Å². The van der Waals surface area contributed by atoms with Gasteiger partial charge in [-0.1, -0.05) is 12.1 Å². The number of nitrogens with zero attached hydrogens (tertiary/aromatic N) is 2. The van der Waals surface area contributed by atoms with Gasteiger partial charge in [-0.05, 0) is 80.4 Å². The lowest BCUT2D eigenvalue weighted by molar-refractivity contribution is -0.112. The Morgan fingerprint density at radius 1 is 1.06 bits per heavy atom. The van der Waals surface area contributed by atoms with Gasteiger partial charge in [0.25, 0.3) is 5.91 Å². The van der Waals surface area contributed by atoms with Crippen molar-refractivity contribution in [2.24, 2.45) is 0 Å². The highest BCUT2D eigenvalue weighted by Crippen LogP contribution is 2.24. The third-order valence-electron chi connectivity index (χ3n) is 4.96. The Morgan fingerprint density at radius 2 is 1.77 bits per heavy atom. The first-order valence-corrected chi connectivity index (χ1v) is 9.71. The molecule has 31 heavy (non-hydrogen) atoms. The molecule has 0 saturated heterocycles. The number of methoxy groups -OCH3 is 1. The molecule has 1 N–H and O–H groups in total. The first-order chi connectivity index (χ1) is 14.8. The fourth-order valence-electron chi connectivity index (χ4n) is 3.42. The normalized spacial score (nSPS) is 11.0. The van der Waals surface area contributed by atoms with Gasteiger partial charge >= 0.3 is 5.97 Å². The maximum absolute atomic E-state index is 12.6. The van der Waals surface area contributed by atoms with Crippen LogP contribution in [0.3, 0.4) is 0 Å². The number of nitriles is 1. The van der Waals surface area contributed by atoms with E-state index in [2.05, 4.69) is 5.32 Å². The number of anilines is 1. The van der Waals surface area contributed by atoms with Crippen LogP contribution in [-0.2, 0) is 9.53 Å². The van der Waals surface area contributed by atoms with Gasteiger partial charge in [0.05, 0.1) is 12.7 Å². The van der Waals surface area contributed by atoms with Gasteiger partial charge in [-0.3, -0.25) is 4.79 Å². The van der Waals surface area contributed by atoms with E-state index in [1.807, 2.05) is 67.8 Å². The minimum atomic E-state index is -0.458. The number of amides is 1. The minimum absolute atomic E-state index is 0.0165. The van der Waals surface area contributed by atoms with E-state index < -0.39 is 11.9 Å².